The summed E-state index contributed by atoms with van der Waals surface area (Å²) in [6.45, 7) is 3.37. The van der Waals surface area contributed by atoms with Gasteiger partial charge in [-0.2, -0.15) is 0 Å². The molecule has 0 radical (unpaired) electrons. The highest BCUT2D eigenvalue weighted by atomic mass is 35.5. The third-order valence-electron chi connectivity index (χ3n) is 3.66. The Morgan fingerprint density at radius 2 is 1.92 bits per heavy atom. The topological polar surface area (TPSA) is 101 Å². The van der Waals surface area contributed by atoms with Gasteiger partial charge in [-0.15, -0.1) is 0 Å². The van der Waals surface area contributed by atoms with Crippen molar-refractivity contribution < 1.29 is 9.90 Å². The maximum Gasteiger partial charge on any atom is 0.270 e. The molecular formula is C18H17ClN4O2S. The molecule has 1 aromatic carbocycles. The molecule has 0 spiro atoms. The van der Waals surface area contributed by atoms with Gasteiger partial charge in [0, 0.05) is 22.3 Å². The quantitative estimate of drug-likeness (QED) is 0.614. The van der Waals surface area contributed by atoms with E-state index in [9.17, 15) is 9.90 Å². The number of nitrogens with zero attached hydrogens (tertiary/aromatic N) is 2. The van der Waals surface area contributed by atoms with E-state index in [2.05, 4.69) is 15.3 Å². The number of aliphatic hydroxyl groups is 1. The van der Waals surface area contributed by atoms with Crippen molar-refractivity contribution in [3.63, 3.8) is 0 Å². The van der Waals surface area contributed by atoms with Gasteiger partial charge in [0.15, 0.2) is 5.69 Å². The number of hydrogen-bond acceptors (Lipinski definition) is 6. The first-order valence-corrected chi connectivity index (χ1v) is 8.96. The molecule has 2 heterocycles. The monoisotopic (exact) mass is 388 g/mol. The Morgan fingerprint density at radius 3 is 2.46 bits per heavy atom. The third kappa shape index (κ3) is 4.01. The number of carbonyl (C=O) groups excluding carboxylic acids is 1. The summed E-state index contributed by atoms with van der Waals surface area (Å²) in [6.07, 6.45) is 1.58. The van der Waals surface area contributed by atoms with Crippen LogP contribution in [0, 0.1) is 0 Å². The van der Waals surface area contributed by atoms with Crippen LogP contribution in [-0.4, -0.2) is 21.0 Å². The fraction of sp³-hybridized carbons (Fsp3) is 0.167. The van der Waals surface area contributed by atoms with Gasteiger partial charge < -0.3 is 16.2 Å². The molecule has 3 rings (SSSR count). The number of hydrogen-bond donors (Lipinski definition) is 3. The molecule has 0 saturated carbocycles. The van der Waals surface area contributed by atoms with Crippen LogP contribution in [0.2, 0.25) is 5.02 Å². The molecule has 1 amide bonds. The summed E-state index contributed by atoms with van der Waals surface area (Å²) in [5, 5.41) is 14.8. The number of nitrogens with one attached hydrogen (secondary N) is 1. The summed E-state index contributed by atoms with van der Waals surface area (Å²) in [6, 6.07) is 10.6. The summed E-state index contributed by atoms with van der Waals surface area (Å²) in [5.74, 6) is -0.108. The lowest BCUT2D eigenvalue weighted by molar-refractivity contribution is 0.0782. The average Bonchev–Trinajstić information content (AvgIpc) is 2.99. The Kier molecular flexibility index (Phi) is 4.95. The minimum absolute atomic E-state index is 0.147. The van der Waals surface area contributed by atoms with Crippen LogP contribution >= 0.6 is 22.9 Å². The number of rotatable bonds is 5. The smallest absolute Gasteiger partial charge is 0.270 e. The molecule has 0 saturated heterocycles. The maximum atomic E-state index is 11.7. The molecule has 3 aromatic rings. The van der Waals surface area contributed by atoms with Gasteiger partial charge in [0.25, 0.3) is 5.91 Å². The lowest BCUT2D eigenvalue weighted by Crippen LogP contribution is -2.16. The van der Waals surface area contributed by atoms with Crippen molar-refractivity contribution >= 4 is 39.7 Å². The van der Waals surface area contributed by atoms with E-state index < -0.39 is 11.5 Å². The van der Waals surface area contributed by atoms with Crippen LogP contribution in [0.25, 0.3) is 10.6 Å². The molecule has 6 nitrogen and oxygen atoms in total. The number of aromatic nitrogens is 2. The maximum absolute atomic E-state index is 11.7. The number of thiazole rings is 1. The van der Waals surface area contributed by atoms with E-state index in [4.69, 9.17) is 17.3 Å². The Morgan fingerprint density at radius 1 is 1.23 bits per heavy atom. The number of nitrogens with two attached hydrogens (primary N) is 1. The summed E-state index contributed by atoms with van der Waals surface area (Å²) in [7, 11) is 0. The fourth-order valence-electron chi connectivity index (χ4n) is 2.23. The molecule has 0 atom stereocenters. The second-order valence-corrected chi connectivity index (χ2v) is 7.62. The van der Waals surface area contributed by atoms with Gasteiger partial charge in [0.05, 0.1) is 5.60 Å². The van der Waals surface area contributed by atoms with Crippen molar-refractivity contribution in [1.29, 1.82) is 0 Å². The number of pyridine rings is 1. The molecule has 0 fully saturated rings. The van der Waals surface area contributed by atoms with Crippen LogP contribution in [0.15, 0.2) is 42.6 Å². The molecule has 0 bridgehead atoms. The van der Waals surface area contributed by atoms with Gasteiger partial charge in [-0.1, -0.05) is 41.1 Å². The number of halogens is 1. The summed E-state index contributed by atoms with van der Waals surface area (Å²) in [5.41, 5.74) is 6.14. The highest BCUT2D eigenvalue weighted by molar-refractivity contribution is 7.19. The van der Waals surface area contributed by atoms with Crippen LogP contribution in [-0.2, 0) is 5.60 Å². The summed E-state index contributed by atoms with van der Waals surface area (Å²) < 4.78 is 0. The van der Waals surface area contributed by atoms with E-state index >= 15 is 0 Å². The second kappa shape index (κ2) is 7.03. The Balaban J connectivity index is 1.91. The number of primary amides is 1. The first-order valence-electron chi connectivity index (χ1n) is 7.76. The highest BCUT2D eigenvalue weighted by Crippen LogP contribution is 2.34. The van der Waals surface area contributed by atoms with E-state index in [1.54, 1.807) is 44.3 Å². The zero-order chi connectivity index (χ0) is 18.9. The number of anilines is 2. The fourth-order valence-corrected chi connectivity index (χ4v) is 3.34. The molecule has 4 N–H and O–H groups in total. The van der Waals surface area contributed by atoms with Crippen molar-refractivity contribution in [1.82, 2.24) is 9.97 Å². The van der Waals surface area contributed by atoms with Gasteiger partial charge >= 0.3 is 0 Å². The molecule has 0 unspecified atom stereocenters. The Labute approximate surface area is 159 Å². The van der Waals surface area contributed by atoms with Crippen LogP contribution in [0.1, 0.15) is 29.9 Å². The Hall–Kier alpha value is -2.48. The number of carbonyl (C=O) groups is 1. The van der Waals surface area contributed by atoms with Crippen LogP contribution < -0.4 is 11.1 Å². The second-order valence-electron chi connectivity index (χ2n) is 6.18. The highest BCUT2D eigenvalue weighted by Gasteiger charge is 2.19. The van der Waals surface area contributed by atoms with Gasteiger partial charge in [0.1, 0.15) is 15.8 Å². The molecule has 0 aliphatic carbocycles. The largest absolute Gasteiger partial charge is 0.386 e. The van der Waals surface area contributed by atoms with Crippen molar-refractivity contribution in [2.45, 2.75) is 19.4 Å². The van der Waals surface area contributed by atoms with Gasteiger partial charge in [0.2, 0.25) is 0 Å². The first kappa shape index (κ1) is 18.3. The summed E-state index contributed by atoms with van der Waals surface area (Å²) >= 11 is 7.20. The number of amides is 1. The third-order valence-corrected chi connectivity index (χ3v) is 4.94. The van der Waals surface area contributed by atoms with Crippen LogP contribution in [0.5, 0.6) is 0 Å². The van der Waals surface area contributed by atoms with E-state index in [0.717, 1.165) is 5.56 Å². The predicted octanol–water partition coefficient (Wildman–Crippen LogP) is 3.93. The van der Waals surface area contributed by atoms with Gasteiger partial charge in [-0.25, -0.2) is 9.97 Å². The normalized spacial score (nSPS) is 11.4. The molecule has 134 valence electrons. The predicted molar refractivity (Wildman–Crippen MR) is 104 cm³/mol. The van der Waals surface area contributed by atoms with E-state index in [1.807, 2.05) is 12.1 Å². The minimum Gasteiger partial charge on any atom is -0.386 e. The van der Waals surface area contributed by atoms with Gasteiger partial charge in [-0.05, 0) is 32.0 Å². The lowest BCUT2D eigenvalue weighted by Gasteiger charge is -2.17. The van der Waals surface area contributed by atoms with Crippen molar-refractivity contribution in [2.24, 2.45) is 5.73 Å². The number of benzene rings is 1. The average molecular weight is 389 g/mol. The molecule has 0 aliphatic rings. The molecule has 0 aliphatic heterocycles. The van der Waals surface area contributed by atoms with Gasteiger partial charge in [-0.3, -0.25) is 4.79 Å². The minimum atomic E-state index is -0.976. The summed E-state index contributed by atoms with van der Waals surface area (Å²) in [4.78, 5) is 20.4. The van der Waals surface area contributed by atoms with Crippen molar-refractivity contribution in [3.05, 3.63) is 58.9 Å². The SMILES string of the molecule is CC(C)(O)c1ccc(Nc2sc(-c3ccc(Cl)cc3)nc2C(N)=O)nc1. The molecule has 26 heavy (non-hydrogen) atoms. The lowest BCUT2D eigenvalue weighted by atomic mass is 10.0. The van der Waals surface area contributed by atoms with E-state index in [-0.39, 0.29) is 5.69 Å². The van der Waals surface area contributed by atoms with E-state index in [1.165, 1.54) is 11.3 Å². The zero-order valence-corrected chi connectivity index (χ0v) is 15.7. The Bertz CT molecular complexity index is 931. The first-order chi connectivity index (χ1) is 12.2. The molecule has 8 heteroatoms. The van der Waals surface area contributed by atoms with Crippen molar-refractivity contribution in [3.8, 4) is 10.6 Å². The molecule has 2 aromatic heterocycles. The molecular weight excluding hydrogens is 372 g/mol. The zero-order valence-electron chi connectivity index (χ0n) is 14.2. The van der Waals surface area contributed by atoms with E-state index in [0.29, 0.717) is 26.4 Å². The van der Waals surface area contributed by atoms with Crippen molar-refractivity contribution in [2.75, 3.05) is 5.32 Å². The van der Waals surface area contributed by atoms with Crippen LogP contribution in [0.4, 0.5) is 10.8 Å². The van der Waals surface area contributed by atoms with Crippen LogP contribution in [0.3, 0.4) is 0 Å². The standard InChI is InChI=1S/C18H17ClN4O2S/c1-18(2,25)11-5-8-13(21-9-11)22-17-14(15(20)24)23-16(26-17)10-3-6-12(19)7-4-10/h3-9,25H,1-2H3,(H2,20,24)(H,21,22).